The quantitative estimate of drug-likeness (QED) is 0.717. The molecule has 1 aromatic heterocycles. The number of nitrogens with one attached hydrogen (secondary N) is 2. The summed E-state index contributed by atoms with van der Waals surface area (Å²) in [7, 11) is 0. The molecule has 2 N–H and O–H groups in total. The fraction of sp³-hybridized carbons (Fsp3) is 0.100. The molecule has 0 atom stereocenters. The van der Waals surface area contributed by atoms with Crippen molar-refractivity contribution < 1.29 is 4.79 Å². The van der Waals surface area contributed by atoms with Gasteiger partial charge in [-0.1, -0.05) is 30.3 Å². The number of hydrogen-bond donors (Lipinski definition) is 2. The van der Waals surface area contributed by atoms with E-state index in [0.29, 0.717) is 23.6 Å². The zero-order valence-corrected chi connectivity index (χ0v) is 14.0. The highest BCUT2D eigenvalue weighted by atomic mass is 16.1. The first kappa shape index (κ1) is 17.1. The van der Waals surface area contributed by atoms with Crippen LogP contribution in [0, 0.1) is 11.3 Å². The van der Waals surface area contributed by atoms with Crippen LogP contribution in [0.1, 0.15) is 21.6 Å². The SMILES string of the molecule is N#Cc1ccc(NC(=O)c2cc(NCCc3ccccc3)ncn2)cc1. The summed E-state index contributed by atoms with van der Waals surface area (Å²) in [5.41, 5.74) is 2.64. The molecule has 6 heteroatoms. The summed E-state index contributed by atoms with van der Waals surface area (Å²) in [6.45, 7) is 0.706. The molecule has 0 spiro atoms. The molecule has 1 heterocycles. The fourth-order valence-corrected chi connectivity index (χ4v) is 2.38. The van der Waals surface area contributed by atoms with E-state index in [1.54, 1.807) is 30.3 Å². The van der Waals surface area contributed by atoms with E-state index in [1.165, 1.54) is 11.9 Å². The number of anilines is 2. The molecule has 0 saturated carbocycles. The molecule has 0 aliphatic rings. The van der Waals surface area contributed by atoms with E-state index < -0.39 is 0 Å². The lowest BCUT2D eigenvalue weighted by atomic mass is 10.1. The summed E-state index contributed by atoms with van der Waals surface area (Å²) in [4.78, 5) is 20.5. The fourth-order valence-electron chi connectivity index (χ4n) is 2.38. The second kappa shape index (κ2) is 8.40. The van der Waals surface area contributed by atoms with Crippen molar-refractivity contribution in [1.82, 2.24) is 9.97 Å². The molecule has 3 aromatic rings. The van der Waals surface area contributed by atoms with Crippen LogP contribution < -0.4 is 10.6 Å². The van der Waals surface area contributed by atoms with E-state index in [-0.39, 0.29) is 11.6 Å². The first-order valence-electron chi connectivity index (χ1n) is 8.16. The summed E-state index contributed by atoms with van der Waals surface area (Å²) in [6.07, 6.45) is 2.22. The van der Waals surface area contributed by atoms with Crippen LogP contribution in [0.15, 0.2) is 67.0 Å². The third kappa shape index (κ3) is 4.65. The van der Waals surface area contributed by atoms with Crippen molar-refractivity contribution in [3.05, 3.63) is 83.8 Å². The minimum atomic E-state index is -0.330. The maximum absolute atomic E-state index is 12.3. The number of benzene rings is 2. The number of carbonyl (C=O) groups is 1. The van der Waals surface area contributed by atoms with E-state index in [0.717, 1.165) is 6.42 Å². The van der Waals surface area contributed by atoms with Crippen LogP contribution in [0.25, 0.3) is 0 Å². The number of amides is 1. The minimum Gasteiger partial charge on any atom is -0.370 e. The Morgan fingerprint density at radius 2 is 1.81 bits per heavy atom. The Morgan fingerprint density at radius 3 is 2.54 bits per heavy atom. The summed E-state index contributed by atoms with van der Waals surface area (Å²) < 4.78 is 0. The Kier molecular flexibility index (Phi) is 5.53. The zero-order chi connectivity index (χ0) is 18.2. The second-order valence-corrected chi connectivity index (χ2v) is 5.59. The molecule has 0 bridgehead atoms. The van der Waals surface area contributed by atoms with E-state index in [4.69, 9.17) is 5.26 Å². The van der Waals surface area contributed by atoms with Gasteiger partial charge in [-0.3, -0.25) is 4.79 Å². The van der Waals surface area contributed by atoms with Gasteiger partial charge in [0, 0.05) is 18.3 Å². The third-order valence-corrected chi connectivity index (χ3v) is 3.73. The van der Waals surface area contributed by atoms with Gasteiger partial charge in [0.2, 0.25) is 0 Å². The Labute approximate surface area is 151 Å². The van der Waals surface area contributed by atoms with E-state index in [1.807, 2.05) is 24.3 Å². The van der Waals surface area contributed by atoms with Crippen molar-refractivity contribution in [2.75, 3.05) is 17.2 Å². The molecule has 0 aliphatic carbocycles. The van der Waals surface area contributed by atoms with Crippen molar-refractivity contribution in [3.63, 3.8) is 0 Å². The van der Waals surface area contributed by atoms with Gasteiger partial charge in [0.1, 0.15) is 17.8 Å². The molecule has 128 valence electrons. The maximum Gasteiger partial charge on any atom is 0.274 e. The van der Waals surface area contributed by atoms with Crippen molar-refractivity contribution in [3.8, 4) is 6.07 Å². The molecule has 2 aromatic carbocycles. The summed E-state index contributed by atoms with van der Waals surface area (Å²) >= 11 is 0. The monoisotopic (exact) mass is 343 g/mol. The lowest BCUT2D eigenvalue weighted by Gasteiger charge is -2.08. The second-order valence-electron chi connectivity index (χ2n) is 5.59. The zero-order valence-electron chi connectivity index (χ0n) is 14.0. The van der Waals surface area contributed by atoms with Gasteiger partial charge in [-0.05, 0) is 36.2 Å². The van der Waals surface area contributed by atoms with Crippen LogP contribution >= 0.6 is 0 Å². The molecule has 0 unspecified atom stereocenters. The molecular formula is C20H17N5O. The molecule has 6 nitrogen and oxygen atoms in total. The normalized spacial score (nSPS) is 9.96. The summed E-state index contributed by atoms with van der Waals surface area (Å²) in [5.74, 6) is 0.268. The van der Waals surface area contributed by atoms with Crippen molar-refractivity contribution >= 4 is 17.4 Å². The minimum absolute atomic E-state index is 0.270. The smallest absolute Gasteiger partial charge is 0.274 e. The number of carbonyl (C=O) groups excluding carboxylic acids is 1. The first-order valence-corrected chi connectivity index (χ1v) is 8.16. The molecule has 26 heavy (non-hydrogen) atoms. The predicted octanol–water partition coefficient (Wildman–Crippen LogP) is 3.26. The Balaban J connectivity index is 1.59. The third-order valence-electron chi connectivity index (χ3n) is 3.73. The van der Waals surface area contributed by atoms with Crippen LogP contribution in [0.3, 0.4) is 0 Å². The van der Waals surface area contributed by atoms with Crippen LogP contribution in [0.4, 0.5) is 11.5 Å². The van der Waals surface area contributed by atoms with Gasteiger partial charge in [0.25, 0.3) is 5.91 Å². The van der Waals surface area contributed by atoms with Gasteiger partial charge >= 0.3 is 0 Å². The standard InChI is InChI=1S/C20H17N5O/c21-13-16-6-8-17(9-7-16)25-20(26)18-12-19(24-14-23-18)22-11-10-15-4-2-1-3-5-15/h1-9,12,14H,10-11H2,(H,25,26)(H,22,23,24). The predicted molar refractivity (Wildman–Crippen MR) is 99.8 cm³/mol. The summed E-state index contributed by atoms with van der Waals surface area (Å²) in [5, 5.41) is 14.8. The Morgan fingerprint density at radius 1 is 1.04 bits per heavy atom. The Bertz CT molecular complexity index is 917. The number of aromatic nitrogens is 2. The highest BCUT2D eigenvalue weighted by Crippen LogP contribution is 2.11. The van der Waals surface area contributed by atoms with Gasteiger partial charge in [0.05, 0.1) is 11.6 Å². The lowest BCUT2D eigenvalue weighted by molar-refractivity contribution is 0.102. The average Bonchev–Trinajstić information content (AvgIpc) is 2.69. The van der Waals surface area contributed by atoms with Crippen LogP contribution in [-0.4, -0.2) is 22.4 Å². The van der Waals surface area contributed by atoms with E-state index in [2.05, 4.69) is 32.7 Å². The molecule has 1 amide bonds. The van der Waals surface area contributed by atoms with Crippen molar-refractivity contribution in [2.24, 2.45) is 0 Å². The highest BCUT2D eigenvalue weighted by Gasteiger charge is 2.09. The molecule has 0 saturated heterocycles. The van der Waals surface area contributed by atoms with Gasteiger partial charge in [-0.25, -0.2) is 9.97 Å². The highest BCUT2D eigenvalue weighted by molar-refractivity contribution is 6.03. The number of nitriles is 1. The Hall–Kier alpha value is -3.72. The molecule has 0 fully saturated rings. The molecule has 0 aliphatic heterocycles. The van der Waals surface area contributed by atoms with Crippen molar-refractivity contribution in [2.45, 2.75) is 6.42 Å². The number of hydrogen-bond acceptors (Lipinski definition) is 5. The number of rotatable bonds is 6. The van der Waals surface area contributed by atoms with Crippen molar-refractivity contribution in [1.29, 1.82) is 5.26 Å². The van der Waals surface area contributed by atoms with Gasteiger partial charge in [-0.2, -0.15) is 5.26 Å². The van der Waals surface area contributed by atoms with Gasteiger partial charge in [0.15, 0.2) is 0 Å². The number of nitrogens with zero attached hydrogens (tertiary/aromatic N) is 3. The van der Waals surface area contributed by atoms with Crippen LogP contribution in [-0.2, 0) is 6.42 Å². The van der Waals surface area contributed by atoms with E-state index in [9.17, 15) is 4.79 Å². The molecular weight excluding hydrogens is 326 g/mol. The van der Waals surface area contributed by atoms with Crippen LogP contribution in [0.5, 0.6) is 0 Å². The lowest BCUT2D eigenvalue weighted by Crippen LogP contribution is -2.15. The van der Waals surface area contributed by atoms with Gasteiger partial charge in [-0.15, -0.1) is 0 Å². The molecule has 0 radical (unpaired) electrons. The first-order chi connectivity index (χ1) is 12.7. The van der Waals surface area contributed by atoms with Gasteiger partial charge < -0.3 is 10.6 Å². The summed E-state index contributed by atoms with van der Waals surface area (Å²) in [6, 6.07) is 20.4. The van der Waals surface area contributed by atoms with E-state index >= 15 is 0 Å². The average molecular weight is 343 g/mol. The maximum atomic E-state index is 12.3. The largest absolute Gasteiger partial charge is 0.370 e. The molecule has 3 rings (SSSR count). The van der Waals surface area contributed by atoms with Crippen LogP contribution in [0.2, 0.25) is 0 Å². The topological polar surface area (TPSA) is 90.7 Å².